The van der Waals surface area contributed by atoms with Crippen molar-refractivity contribution < 1.29 is 21.6 Å². The molecule has 0 amide bonds. The molecule has 0 unspecified atom stereocenters. The van der Waals surface area contributed by atoms with Gasteiger partial charge >= 0.3 is 6.18 Å². The Bertz CT molecular complexity index is 822. The number of hydrogen-bond acceptors (Lipinski definition) is 2. The van der Waals surface area contributed by atoms with Gasteiger partial charge in [0.25, 0.3) is 10.0 Å². The molecule has 2 aromatic carbocycles. The molecule has 22 heavy (non-hydrogen) atoms. The maximum Gasteiger partial charge on any atom is 0.416 e. The van der Waals surface area contributed by atoms with E-state index in [-0.39, 0.29) is 4.90 Å². The van der Waals surface area contributed by atoms with E-state index in [1.54, 1.807) is 0 Å². The maximum absolute atomic E-state index is 12.5. The van der Waals surface area contributed by atoms with E-state index in [0.717, 1.165) is 12.1 Å². The van der Waals surface area contributed by atoms with Gasteiger partial charge in [-0.05, 0) is 40.9 Å². The van der Waals surface area contributed by atoms with Crippen LogP contribution in [0.4, 0.5) is 13.2 Å². The zero-order valence-electron chi connectivity index (χ0n) is 10.8. The summed E-state index contributed by atoms with van der Waals surface area (Å²) in [6.45, 7) is 0. The molecule has 0 saturated heterocycles. The minimum absolute atomic E-state index is 0.194. The molecule has 2 aromatic rings. The minimum atomic E-state index is -4.41. The van der Waals surface area contributed by atoms with Crippen LogP contribution in [0.3, 0.4) is 0 Å². The van der Waals surface area contributed by atoms with Gasteiger partial charge in [0, 0.05) is 9.43 Å². The summed E-state index contributed by atoms with van der Waals surface area (Å²) in [4.78, 5) is 2.03. The Morgan fingerprint density at radius 3 is 1.77 bits per heavy atom. The lowest BCUT2D eigenvalue weighted by Crippen LogP contribution is -2.04. The predicted molar refractivity (Wildman–Crippen MR) is 73.2 cm³/mol. The zero-order chi connectivity index (χ0) is 16.4. The van der Waals surface area contributed by atoms with Crippen molar-refractivity contribution in [3.05, 3.63) is 64.5 Å². The summed E-state index contributed by atoms with van der Waals surface area (Å²) in [6.07, 6.45) is -4.41. The summed E-state index contributed by atoms with van der Waals surface area (Å²) in [6, 6.07) is 9.75. The molecule has 2 rings (SSSR count). The number of rotatable bonds is 3. The number of benzene rings is 2. The number of alkyl halides is 3. The van der Waals surface area contributed by atoms with Crippen LogP contribution >= 0.6 is 0 Å². The maximum atomic E-state index is 12.5. The van der Waals surface area contributed by atoms with Gasteiger partial charge < -0.3 is 0 Å². The first kappa shape index (κ1) is 15.9. The van der Waals surface area contributed by atoms with Gasteiger partial charge in [0.05, 0.1) is 10.5 Å². The lowest BCUT2D eigenvalue weighted by Gasteiger charge is -2.08. The monoisotopic (exact) mass is 327 g/mol. The van der Waals surface area contributed by atoms with E-state index in [4.69, 9.17) is 5.53 Å². The highest BCUT2D eigenvalue weighted by atomic mass is 32.2. The van der Waals surface area contributed by atoms with Crippen molar-refractivity contribution in [3.8, 4) is 11.1 Å². The number of azide groups is 1. The summed E-state index contributed by atoms with van der Waals surface area (Å²) >= 11 is 0. The highest BCUT2D eigenvalue weighted by Crippen LogP contribution is 2.31. The van der Waals surface area contributed by atoms with Crippen LogP contribution in [0.1, 0.15) is 5.56 Å². The van der Waals surface area contributed by atoms with Crippen molar-refractivity contribution in [2.24, 2.45) is 4.52 Å². The third kappa shape index (κ3) is 3.38. The van der Waals surface area contributed by atoms with Crippen molar-refractivity contribution in [3.63, 3.8) is 0 Å². The van der Waals surface area contributed by atoms with Gasteiger partial charge in [-0.15, -0.1) is 0 Å². The second kappa shape index (κ2) is 5.70. The van der Waals surface area contributed by atoms with Crippen LogP contribution in [0.2, 0.25) is 0 Å². The Kier molecular flexibility index (Phi) is 4.11. The number of halogens is 3. The molecule has 0 heterocycles. The van der Waals surface area contributed by atoms with E-state index in [9.17, 15) is 21.6 Å². The Morgan fingerprint density at radius 2 is 1.36 bits per heavy atom. The first-order chi connectivity index (χ1) is 10.2. The zero-order valence-corrected chi connectivity index (χ0v) is 11.6. The molecule has 0 aliphatic rings. The van der Waals surface area contributed by atoms with Crippen LogP contribution in [-0.4, -0.2) is 8.42 Å². The first-order valence-electron chi connectivity index (χ1n) is 5.83. The summed E-state index contributed by atoms with van der Waals surface area (Å²) < 4.78 is 63.1. The average molecular weight is 327 g/mol. The van der Waals surface area contributed by atoms with Crippen molar-refractivity contribution in [2.75, 3.05) is 0 Å². The highest BCUT2D eigenvalue weighted by molar-refractivity contribution is 7.90. The molecule has 0 bridgehead atoms. The topological polar surface area (TPSA) is 82.9 Å². The van der Waals surface area contributed by atoms with Crippen LogP contribution in [0.25, 0.3) is 21.6 Å². The van der Waals surface area contributed by atoms with Crippen molar-refractivity contribution >= 4 is 10.0 Å². The van der Waals surface area contributed by atoms with Crippen LogP contribution < -0.4 is 0 Å². The van der Waals surface area contributed by atoms with Gasteiger partial charge in [0.1, 0.15) is 0 Å². The van der Waals surface area contributed by atoms with Gasteiger partial charge in [-0.25, -0.2) is 8.42 Å². The third-order valence-corrected chi connectivity index (χ3v) is 4.00. The van der Waals surface area contributed by atoms with E-state index >= 15 is 0 Å². The van der Waals surface area contributed by atoms with E-state index in [2.05, 4.69) is 9.43 Å². The molecule has 114 valence electrons. The standard InChI is InChI=1S/C13H8F3N3O2S/c14-13(15,16)11-5-1-9(2-6-11)10-3-7-12(8-4-10)22(20,21)19-18-17/h1-8H. The SMILES string of the molecule is [N-]=[N+]=NS(=O)(=O)c1ccc(-c2ccc(C(F)(F)F)cc2)cc1. The van der Waals surface area contributed by atoms with E-state index < -0.39 is 21.8 Å². The fourth-order valence-electron chi connectivity index (χ4n) is 1.77. The van der Waals surface area contributed by atoms with E-state index in [0.29, 0.717) is 11.1 Å². The van der Waals surface area contributed by atoms with Crippen molar-refractivity contribution in [1.29, 1.82) is 0 Å². The molecule has 0 fully saturated rings. The Labute approximate surface area is 123 Å². The Hall–Kier alpha value is -2.51. The molecule has 0 radical (unpaired) electrons. The van der Waals surface area contributed by atoms with Crippen LogP contribution in [0, 0.1) is 0 Å². The second-order valence-corrected chi connectivity index (χ2v) is 5.83. The number of nitrogens with zero attached hydrogens (tertiary/aromatic N) is 3. The molecule has 0 aliphatic carbocycles. The summed E-state index contributed by atoms with van der Waals surface area (Å²) in [7, 11) is -4.08. The molecule has 0 saturated carbocycles. The molecule has 0 aliphatic heterocycles. The van der Waals surface area contributed by atoms with Gasteiger partial charge in [-0.2, -0.15) is 13.2 Å². The fourth-order valence-corrected chi connectivity index (χ4v) is 2.44. The smallest absolute Gasteiger partial charge is 0.216 e. The van der Waals surface area contributed by atoms with E-state index in [1.165, 1.54) is 36.4 Å². The largest absolute Gasteiger partial charge is 0.416 e. The van der Waals surface area contributed by atoms with Gasteiger partial charge in [0.2, 0.25) is 0 Å². The second-order valence-electron chi connectivity index (χ2n) is 4.25. The predicted octanol–water partition coefficient (Wildman–Crippen LogP) is 4.37. The van der Waals surface area contributed by atoms with Crippen LogP contribution in [-0.2, 0) is 16.2 Å². The quantitative estimate of drug-likeness (QED) is 0.476. The Balaban J connectivity index is 2.34. The minimum Gasteiger partial charge on any atom is -0.216 e. The molecule has 0 N–H and O–H groups in total. The third-order valence-electron chi connectivity index (χ3n) is 2.84. The molecule has 0 atom stereocenters. The normalized spacial score (nSPS) is 11.8. The number of sulfonamides is 1. The molecule has 5 nitrogen and oxygen atoms in total. The first-order valence-corrected chi connectivity index (χ1v) is 7.27. The molecular formula is C13H8F3N3O2S. The lowest BCUT2D eigenvalue weighted by atomic mass is 10.0. The average Bonchev–Trinajstić information content (AvgIpc) is 2.47. The van der Waals surface area contributed by atoms with Crippen LogP contribution in [0.5, 0.6) is 0 Å². The summed E-state index contributed by atoms with van der Waals surface area (Å²) in [5, 5.41) is 0. The van der Waals surface area contributed by atoms with Gasteiger partial charge in [-0.1, -0.05) is 24.3 Å². The van der Waals surface area contributed by atoms with Gasteiger partial charge in [-0.3, -0.25) is 0 Å². The Morgan fingerprint density at radius 1 is 0.909 bits per heavy atom. The molecule has 0 aromatic heterocycles. The van der Waals surface area contributed by atoms with Crippen molar-refractivity contribution in [2.45, 2.75) is 11.1 Å². The van der Waals surface area contributed by atoms with Crippen molar-refractivity contribution in [1.82, 2.24) is 0 Å². The highest BCUT2D eigenvalue weighted by Gasteiger charge is 2.29. The van der Waals surface area contributed by atoms with E-state index in [1.807, 2.05) is 0 Å². The molecule has 9 heteroatoms. The van der Waals surface area contributed by atoms with Crippen LogP contribution in [0.15, 0.2) is 57.9 Å². The summed E-state index contributed by atoms with van der Waals surface area (Å²) in [5.74, 6) is 0. The number of hydrogen-bond donors (Lipinski definition) is 0. The molecular weight excluding hydrogens is 319 g/mol. The molecule has 0 spiro atoms. The lowest BCUT2D eigenvalue weighted by molar-refractivity contribution is -0.137. The fraction of sp³-hybridized carbons (Fsp3) is 0.0769. The van der Waals surface area contributed by atoms with Gasteiger partial charge in [0.15, 0.2) is 0 Å². The summed E-state index contributed by atoms with van der Waals surface area (Å²) in [5.41, 5.74) is 8.45.